The summed E-state index contributed by atoms with van der Waals surface area (Å²) in [5.41, 5.74) is 8.20. The Morgan fingerprint density at radius 3 is 2.76 bits per heavy atom. The highest BCUT2D eigenvalue weighted by molar-refractivity contribution is 5.67. The summed E-state index contributed by atoms with van der Waals surface area (Å²) >= 11 is 0. The van der Waals surface area contributed by atoms with Gasteiger partial charge < -0.3 is 15.5 Å². The van der Waals surface area contributed by atoms with E-state index in [2.05, 4.69) is 35.9 Å². The van der Waals surface area contributed by atoms with Gasteiger partial charge in [-0.05, 0) is 38.6 Å². The first-order valence-electron chi connectivity index (χ1n) is 6.52. The first-order valence-corrected chi connectivity index (χ1v) is 6.52. The summed E-state index contributed by atoms with van der Waals surface area (Å²) in [4.78, 5) is 4.91. The molecule has 1 aromatic rings. The highest BCUT2D eigenvalue weighted by Crippen LogP contribution is 2.27. The van der Waals surface area contributed by atoms with Crippen molar-refractivity contribution in [1.82, 2.24) is 4.90 Å². The van der Waals surface area contributed by atoms with Gasteiger partial charge in [0.1, 0.15) is 0 Å². The van der Waals surface area contributed by atoms with Crippen LogP contribution in [0.1, 0.15) is 19.8 Å². The van der Waals surface area contributed by atoms with Crippen LogP contribution in [0.15, 0.2) is 24.3 Å². The molecule has 3 heteroatoms. The van der Waals surface area contributed by atoms with Crippen molar-refractivity contribution in [3.8, 4) is 0 Å². The third kappa shape index (κ3) is 2.72. The van der Waals surface area contributed by atoms with Crippen LogP contribution in [0.5, 0.6) is 0 Å². The van der Waals surface area contributed by atoms with Crippen LogP contribution in [0.3, 0.4) is 0 Å². The minimum absolute atomic E-state index is 0.576. The molecule has 1 atom stereocenters. The smallest absolute Gasteiger partial charge is 0.0602 e. The number of nitrogens with two attached hydrogens (primary N) is 1. The first-order chi connectivity index (χ1) is 8.22. The molecule has 2 N–H and O–H groups in total. The fourth-order valence-electron chi connectivity index (χ4n) is 2.66. The van der Waals surface area contributed by atoms with Gasteiger partial charge in [0.05, 0.1) is 11.4 Å². The van der Waals surface area contributed by atoms with E-state index in [9.17, 15) is 0 Å². The van der Waals surface area contributed by atoms with Crippen molar-refractivity contribution in [3.63, 3.8) is 0 Å². The minimum atomic E-state index is 0.576. The summed E-state index contributed by atoms with van der Waals surface area (Å²) in [6.45, 7) is 5.68. The molecule has 0 aromatic heterocycles. The van der Waals surface area contributed by atoms with E-state index in [0.717, 1.165) is 18.8 Å². The van der Waals surface area contributed by atoms with E-state index in [1.165, 1.54) is 25.1 Å². The second kappa shape index (κ2) is 5.41. The number of rotatable bonds is 2. The van der Waals surface area contributed by atoms with Crippen molar-refractivity contribution in [2.24, 2.45) is 0 Å². The van der Waals surface area contributed by atoms with Crippen molar-refractivity contribution in [2.75, 3.05) is 37.3 Å². The average Bonchev–Trinajstić information content (AvgIpc) is 2.51. The Morgan fingerprint density at radius 2 is 2.06 bits per heavy atom. The van der Waals surface area contributed by atoms with Crippen LogP contribution in [0.4, 0.5) is 11.4 Å². The van der Waals surface area contributed by atoms with Gasteiger partial charge in [-0.25, -0.2) is 0 Å². The molecule has 1 aliphatic rings. The van der Waals surface area contributed by atoms with Gasteiger partial charge in [-0.1, -0.05) is 19.1 Å². The van der Waals surface area contributed by atoms with E-state index >= 15 is 0 Å². The summed E-state index contributed by atoms with van der Waals surface area (Å²) in [6, 6.07) is 8.80. The molecule has 1 saturated heterocycles. The van der Waals surface area contributed by atoms with E-state index in [1.807, 2.05) is 12.1 Å². The van der Waals surface area contributed by atoms with Crippen LogP contribution >= 0.6 is 0 Å². The number of nitrogens with zero attached hydrogens (tertiary/aromatic N) is 2. The van der Waals surface area contributed by atoms with Gasteiger partial charge in [-0.15, -0.1) is 0 Å². The maximum absolute atomic E-state index is 6.10. The number of nitrogen functional groups attached to an aromatic ring is 1. The third-order valence-electron chi connectivity index (χ3n) is 3.62. The number of hydrogen-bond acceptors (Lipinski definition) is 3. The zero-order valence-electron chi connectivity index (χ0n) is 10.9. The first kappa shape index (κ1) is 12.2. The Kier molecular flexibility index (Phi) is 3.89. The third-order valence-corrected chi connectivity index (χ3v) is 3.62. The SMILES string of the molecule is CCC1CN(C)CCCN1c1ccccc1N. The molecule has 0 radical (unpaired) electrons. The molecule has 0 aliphatic carbocycles. The van der Waals surface area contributed by atoms with Crippen LogP contribution in [0, 0.1) is 0 Å². The Labute approximate surface area is 104 Å². The molecule has 1 fully saturated rings. The van der Waals surface area contributed by atoms with Gasteiger partial charge in [0, 0.05) is 19.1 Å². The van der Waals surface area contributed by atoms with Gasteiger partial charge >= 0.3 is 0 Å². The number of para-hydroxylation sites is 2. The summed E-state index contributed by atoms with van der Waals surface area (Å²) in [5.74, 6) is 0. The summed E-state index contributed by atoms with van der Waals surface area (Å²) in [7, 11) is 2.21. The second-order valence-electron chi connectivity index (χ2n) is 4.93. The molecule has 2 rings (SSSR count). The van der Waals surface area contributed by atoms with Crippen LogP contribution in [-0.4, -0.2) is 37.6 Å². The Morgan fingerprint density at radius 1 is 1.29 bits per heavy atom. The maximum atomic E-state index is 6.10. The van der Waals surface area contributed by atoms with Crippen LogP contribution in [0.2, 0.25) is 0 Å². The van der Waals surface area contributed by atoms with Crippen molar-refractivity contribution in [2.45, 2.75) is 25.8 Å². The predicted octanol–water partition coefficient (Wildman–Crippen LogP) is 2.19. The number of likely N-dealkylation sites (N-methyl/N-ethyl adjacent to an activating group) is 1. The summed E-state index contributed by atoms with van der Waals surface area (Å²) < 4.78 is 0. The van der Waals surface area contributed by atoms with Gasteiger partial charge in [0.2, 0.25) is 0 Å². The highest BCUT2D eigenvalue weighted by Gasteiger charge is 2.23. The van der Waals surface area contributed by atoms with Gasteiger partial charge in [-0.3, -0.25) is 0 Å². The number of anilines is 2. The average molecular weight is 233 g/mol. The molecule has 94 valence electrons. The fourth-order valence-corrected chi connectivity index (χ4v) is 2.66. The normalized spacial score (nSPS) is 22.5. The van der Waals surface area contributed by atoms with Crippen molar-refractivity contribution in [3.05, 3.63) is 24.3 Å². The summed E-state index contributed by atoms with van der Waals surface area (Å²) in [5, 5.41) is 0. The topological polar surface area (TPSA) is 32.5 Å². The van der Waals surface area contributed by atoms with Gasteiger partial charge in [0.15, 0.2) is 0 Å². The standard InChI is InChI=1S/C14H23N3/c1-3-12-11-16(2)9-6-10-17(12)14-8-5-4-7-13(14)15/h4-5,7-8,12H,3,6,9-11,15H2,1-2H3. The molecule has 3 nitrogen and oxygen atoms in total. The van der Waals surface area contributed by atoms with Crippen LogP contribution in [0.25, 0.3) is 0 Å². The molecule has 0 spiro atoms. The van der Waals surface area contributed by atoms with Gasteiger partial charge in [0.25, 0.3) is 0 Å². The lowest BCUT2D eigenvalue weighted by Gasteiger charge is -2.33. The minimum Gasteiger partial charge on any atom is -0.397 e. The Bertz CT molecular complexity index is 364. The monoisotopic (exact) mass is 233 g/mol. The molecule has 1 unspecified atom stereocenters. The lowest BCUT2D eigenvalue weighted by Crippen LogP contribution is -2.40. The lowest BCUT2D eigenvalue weighted by atomic mass is 10.1. The largest absolute Gasteiger partial charge is 0.397 e. The van der Waals surface area contributed by atoms with Crippen molar-refractivity contribution >= 4 is 11.4 Å². The van der Waals surface area contributed by atoms with Crippen LogP contribution < -0.4 is 10.6 Å². The van der Waals surface area contributed by atoms with Gasteiger partial charge in [-0.2, -0.15) is 0 Å². The highest BCUT2D eigenvalue weighted by atomic mass is 15.2. The quantitative estimate of drug-likeness (QED) is 0.795. The fraction of sp³-hybridized carbons (Fsp3) is 0.571. The molecular formula is C14H23N3. The molecule has 17 heavy (non-hydrogen) atoms. The molecule has 1 aliphatic heterocycles. The lowest BCUT2D eigenvalue weighted by molar-refractivity contribution is 0.328. The zero-order chi connectivity index (χ0) is 12.3. The molecule has 1 heterocycles. The van der Waals surface area contributed by atoms with E-state index < -0.39 is 0 Å². The molecule has 1 aromatic carbocycles. The molecule has 0 amide bonds. The maximum Gasteiger partial charge on any atom is 0.0602 e. The second-order valence-corrected chi connectivity index (χ2v) is 4.93. The zero-order valence-corrected chi connectivity index (χ0v) is 10.9. The predicted molar refractivity (Wildman–Crippen MR) is 74.4 cm³/mol. The Balaban J connectivity index is 2.25. The van der Waals surface area contributed by atoms with Crippen LogP contribution in [-0.2, 0) is 0 Å². The van der Waals surface area contributed by atoms with E-state index in [1.54, 1.807) is 0 Å². The number of benzene rings is 1. The summed E-state index contributed by atoms with van der Waals surface area (Å²) in [6.07, 6.45) is 2.38. The number of hydrogen-bond donors (Lipinski definition) is 1. The Hall–Kier alpha value is -1.22. The van der Waals surface area contributed by atoms with Crippen molar-refractivity contribution < 1.29 is 0 Å². The van der Waals surface area contributed by atoms with E-state index in [0.29, 0.717) is 6.04 Å². The van der Waals surface area contributed by atoms with Crippen molar-refractivity contribution in [1.29, 1.82) is 0 Å². The molecule has 0 bridgehead atoms. The molecular weight excluding hydrogens is 210 g/mol. The van der Waals surface area contributed by atoms with E-state index in [-0.39, 0.29) is 0 Å². The van der Waals surface area contributed by atoms with E-state index in [4.69, 9.17) is 5.73 Å². The molecule has 0 saturated carbocycles.